The molecule has 1 aromatic carbocycles. The van der Waals surface area contributed by atoms with E-state index in [0.29, 0.717) is 17.6 Å². The van der Waals surface area contributed by atoms with Crippen molar-refractivity contribution in [2.24, 2.45) is 5.92 Å². The largest absolute Gasteiger partial charge is 0.337 e. The summed E-state index contributed by atoms with van der Waals surface area (Å²) in [5.74, 6) is 1.13. The summed E-state index contributed by atoms with van der Waals surface area (Å²) >= 11 is 0. The van der Waals surface area contributed by atoms with Crippen LogP contribution >= 0.6 is 0 Å². The number of nitrogens with zero attached hydrogens (tertiary/aromatic N) is 3. The predicted octanol–water partition coefficient (Wildman–Crippen LogP) is 4.39. The summed E-state index contributed by atoms with van der Waals surface area (Å²) in [6.45, 7) is 10.4. The van der Waals surface area contributed by atoms with Crippen LogP contribution in [0.15, 0.2) is 36.5 Å². The number of piperidine rings is 1. The number of anilines is 2. The van der Waals surface area contributed by atoms with Gasteiger partial charge in [-0.3, -0.25) is 4.79 Å². The minimum absolute atomic E-state index is 0.00886. The highest BCUT2D eigenvalue weighted by Gasteiger charge is 2.22. The molecule has 1 fully saturated rings. The fraction of sp³-hybridized carbons (Fsp3) is 0.476. The molecular weight excluding hydrogens is 324 g/mol. The van der Waals surface area contributed by atoms with Crippen molar-refractivity contribution in [3.8, 4) is 0 Å². The van der Waals surface area contributed by atoms with Gasteiger partial charge in [0.15, 0.2) is 0 Å². The second kappa shape index (κ2) is 7.44. The molecule has 0 aliphatic carbocycles. The molecule has 5 heteroatoms. The van der Waals surface area contributed by atoms with E-state index >= 15 is 0 Å². The Labute approximate surface area is 155 Å². The van der Waals surface area contributed by atoms with Crippen molar-refractivity contribution in [2.45, 2.75) is 46.0 Å². The number of carbonyl (C=O) groups excluding carboxylic acids is 1. The number of aromatic nitrogens is 2. The molecule has 1 saturated heterocycles. The van der Waals surface area contributed by atoms with Crippen LogP contribution in [0.2, 0.25) is 0 Å². The Kier molecular flexibility index (Phi) is 5.25. The maximum Gasteiger partial charge on any atom is 0.272 e. The van der Waals surface area contributed by atoms with E-state index in [-0.39, 0.29) is 11.3 Å². The molecule has 1 aliphatic heterocycles. The first-order valence-electron chi connectivity index (χ1n) is 9.33. The minimum Gasteiger partial charge on any atom is -0.337 e. The summed E-state index contributed by atoms with van der Waals surface area (Å²) < 4.78 is 0. The molecule has 1 amide bonds. The number of amides is 1. The first-order chi connectivity index (χ1) is 12.3. The van der Waals surface area contributed by atoms with E-state index in [1.54, 1.807) is 12.3 Å². The molecule has 0 spiro atoms. The minimum atomic E-state index is -0.00886. The van der Waals surface area contributed by atoms with E-state index in [1.807, 2.05) is 17.0 Å². The van der Waals surface area contributed by atoms with Gasteiger partial charge in [-0.25, -0.2) is 9.97 Å². The molecule has 2 aromatic rings. The summed E-state index contributed by atoms with van der Waals surface area (Å²) in [7, 11) is 0. The Morgan fingerprint density at radius 1 is 1.12 bits per heavy atom. The molecule has 0 radical (unpaired) electrons. The average molecular weight is 352 g/mol. The van der Waals surface area contributed by atoms with Crippen molar-refractivity contribution in [1.82, 2.24) is 14.9 Å². The molecule has 138 valence electrons. The lowest BCUT2D eigenvalue weighted by Gasteiger charge is -2.30. The average Bonchev–Trinajstić information content (AvgIpc) is 2.62. The van der Waals surface area contributed by atoms with Crippen molar-refractivity contribution in [2.75, 3.05) is 18.4 Å². The second-order valence-corrected chi connectivity index (χ2v) is 8.19. The van der Waals surface area contributed by atoms with E-state index in [2.05, 4.69) is 55.1 Å². The Morgan fingerprint density at radius 2 is 1.77 bits per heavy atom. The summed E-state index contributed by atoms with van der Waals surface area (Å²) in [5.41, 5.74) is 2.75. The molecule has 26 heavy (non-hydrogen) atoms. The van der Waals surface area contributed by atoms with Gasteiger partial charge in [-0.1, -0.05) is 39.8 Å². The van der Waals surface area contributed by atoms with Gasteiger partial charge in [0, 0.05) is 25.0 Å². The van der Waals surface area contributed by atoms with Crippen molar-refractivity contribution >= 4 is 17.5 Å². The molecule has 0 unspecified atom stereocenters. The van der Waals surface area contributed by atoms with Crippen LogP contribution in [-0.2, 0) is 5.41 Å². The number of likely N-dealkylation sites (tertiary alicyclic amines) is 1. The summed E-state index contributed by atoms with van der Waals surface area (Å²) in [6.07, 6.45) is 3.75. The van der Waals surface area contributed by atoms with Gasteiger partial charge in [0.05, 0.1) is 0 Å². The first-order valence-corrected chi connectivity index (χ1v) is 9.33. The topological polar surface area (TPSA) is 58.1 Å². The van der Waals surface area contributed by atoms with Gasteiger partial charge in [-0.2, -0.15) is 0 Å². The number of rotatable bonds is 3. The van der Waals surface area contributed by atoms with Gasteiger partial charge in [0.1, 0.15) is 5.69 Å². The number of nitrogens with one attached hydrogen (secondary N) is 1. The van der Waals surface area contributed by atoms with E-state index in [4.69, 9.17) is 0 Å². The molecule has 1 N–H and O–H groups in total. The molecule has 0 saturated carbocycles. The van der Waals surface area contributed by atoms with Crippen molar-refractivity contribution in [3.05, 3.63) is 47.8 Å². The molecule has 2 heterocycles. The lowest BCUT2D eigenvalue weighted by molar-refractivity contribution is 0.0691. The Bertz CT molecular complexity index is 756. The standard InChI is InChI=1S/C21H28N4O/c1-15-10-13-25(14-11-15)19(26)18-9-12-22-20(24-18)23-17-7-5-16(6-8-17)21(2,3)4/h5-9,12,15H,10-11,13-14H2,1-4H3,(H,22,23,24). The van der Waals surface area contributed by atoms with Crippen LogP contribution in [0.3, 0.4) is 0 Å². The Balaban J connectivity index is 1.70. The van der Waals surface area contributed by atoms with Gasteiger partial charge in [-0.05, 0) is 47.9 Å². The van der Waals surface area contributed by atoms with Gasteiger partial charge < -0.3 is 10.2 Å². The van der Waals surface area contributed by atoms with Crippen molar-refractivity contribution in [1.29, 1.82) is 0 Å². The van der Waals surface area contributed by atoms with Gasteiger partial charge in [0.2, 0.25) is 5.95 Å². The lowest BCUT2D eigenvalue weighted by Crippen LogP contribution is -2.38. The maximum atomic E-state index is 12.7. The van der Waals surface area contributed by atoms with Crippen LogP contribution in [0.25, 0.3) is 0 Å². The Morgan fingerprint density at radius 3 is 2.38 bits per heavy atom. The van der Waals surface area contributed by atoms with Gasteiger partial charge >= 0.3 is 0 Å². The third-order valence-electron chi connectivity index (χ3n) is 4.95. The van der Waals surface area contributed by atoms with E-state index < -0.39 is 0 Å². The van der Waals surface area contributed by atoms with Crippen LogP contribution in [0, 0.1) is 5.92 Å². The smallest absolute Gasteiger partial charge is 0.272 e. The molecule has 1 aromatic heterocycles. The molecule has 0 atom stereocenters. The third kappa shape index (κ3) is 4.40. The predicted molar refractivity (Wildman–Crippen MR) is 105 cm³/mol. The molecule has 1 aliphatic rings. The number of carbonyl (C=O) groups is 1. The summed E-state index contributed by atoms with van der Waals surface area (Å²) in [5, 5.41) is 3.19. The van der Waals surface area contributed by atoms with Crippen LogP contribution in [0.4, 0.5) is 11.6 Å². The van der Waals surface area contributed by atoms with Gasteiger partial charge in [0.25, 0.3) is 5.91 Å². The van der Waals surface area contributed by atoms with Crippen LogP contribution in [0.5, 0.6) is 0 Å². The highest BCUT2D eigenvalue weighted by molar-refractivity contribution is 5.92. The van der Waals surface area contributed by atoms with Crippen molar-refractivity contribution < 1.29 is 4.79 Å². The molecular formula is C21H28N4O. The fourth-order valence-electron chi connectivity index (χ4n) is 3.09. The van der Waals surface area contributed by atoms with Crippen LogP contribution in [-0.4, -0.2) is 33.9 Å². The van der Waals surface area contributed by atoms with E-state index in [9.17, 15) is 4.79 Å². The molecule has 3 rings (SSSR count). The molecule has 0 bridgehead atoms. The highest BCUT2D eigenvalue weighted by Crippen LogP contribution is 2.24. The van der Waals surface area contributed by atoms with Gasteiger partial charge in [-0.15, -0.1) is 0 Å². The quantitative estimate of drug-likeness (QED) is 0.890. The summed E-state index contributed by atoms with van der Waals surface area (Å²) in [4.78, 5) is 23.2. The maximum absolute atomic E-state index is 12.7. The number of benzene rings is 1. The Hall–Kier alpha value is -2.43. The highest BCUT2D eigenvalue weighted by atomic mass is 16.2. The second-order valence-electron chi connectivity index (χ2n) is 8.19. The zero-order valence-electron chi connectivity index (χ0n) is 16.1. The van der Waals surface area contributed by atoms with E-state index in [1.165, 1.54) is 5.56 Å². The van der Waals surface area contributed by atoms with Crippen molar-refractivity contribution in [3.63, 3.8) is 0 Å². The van der Waals surface area contributed by atoms with Crippen LogP contribution < -0.4 is 5.32 Å². The number of hydrogen-bond acceptors (Lipinski definition) is 4. The lowest BCUT2D eigenvalue weighted by atomic mass is 9.87. The van der Waals surface area contributed by atoms with E-state index in [0.717, 1.165) is 31.6 Å². The van der Waals surface area contributed by atoms with Crippen LogP contribution in [0.1, 0.15) is 56.6 Å². The monoisotopic (exact) mass is 352 g/mol. The number of hydrogen-bond donors (Lipinski definition) is 1. The molecule has 5 nitrogen and oxygen atoms in total. The zero-order valence-corrected chi connectivity index (χ0v) is 16.1. The third-order valence-corrected chi connectivity index (χ3v) is 4.95. The normalized spacial score (nSPS) is 15.8. The first kappa shape index (κ1) is 18.4. The zero-order chi connectivity index (χ0) is 18.7. The fourth-order valence-corrected chi connectivity index (χ4v) is 3.09. The SMILES string of the molecule is CC1CCN(C(=O)c2ccnc(Nc3ccc(C(C)(C)C)cc3)n2)CC1. The summed E-state index contributed by atoms with van der Waals surface area (Å²) in [6, 6.07) is 9.93.